The quantitative estimate of drug-likeness (QED) is 0.633. The van der Waals surface area contributed by atoms with Crippen molar-refractivity contribution in [2.24, 2.45) is 0 Å². The number of ether oxygens (including phenoxy) is 2. The van der Waals surface area contributed by atoms with Crippen LogP contribution in [0.3, 0.4) is 0 Å². The van der Waals surface area contributed by atoms with Crippen LogP contribution in [0.15, 0.2) is 59.7 Å². The van der Waals surface area contributed by atoms with E-state index in [1.54, 1.807) is 23.8 Å². The highest BCUT2D eigenvalue weighted by Gasteiger charge is 2.13. The van der Waals surface area contributed by atoms with Gasteiger partial charge in [0.25, 0.3) is 5.56 Å². The summed E-state index contributed by atoms with van der Waals surface area (Å²) in [6, 6.07) is 16.9. The van der Waals surface area contributed by atoms with Crippen molar-refractivity contribution in [3.05, 3.63) is 87.5 Å². The summed E-state index contributed by atoms with van der Waals surface area (Å²) in [5, 5.41) is 9.19. The number of nitriles is 1. The van der Waals surface area contributed by atoms with E-state index in [4.69, 9.17) is 9.47 Å². The summed E-state index contributed by atoms with van der Waals surface area (Å²) in [7, 11) is 1.62. The molecule has 0 N–H and O–H groups in total. The van der Waals surface area contributed by atoms with E-state index in [0.29, 0.717) is 30.0 Å². The molecule has 6 nitrogen and oxygen atoms in total. The minimum Gasteiger partial charge on any atom is -0.497 e. The molecule has 0 saturated heterocycles. The lowest BCUT2D eigenvalue weighted by atomic mass is 10.1. The fourth-order valence-corrected chi connectivity index (χ4v) is 2.89. The van der Waals surface area contributed by atoms with Crippen molar-refractivity contribution in [3.63, 3.8) is 0 Å². The molecule has 0 radical (unpaired) electrons. The average Bonchev–Trinajstić information content (AvgIpc) is 2.74. The van der Waals surface area contributed by atoms with Gasteiger partial charge in [-0.2, -0.15) is 5.26 Å². The molecule has 0 aliphatic rings. The smallest absolute Gasteiger partial charge is 0.260 e. The van der Waals surface area contributed by atoms with Crippen LogP contribution in [0.1, 0.15) is 29.2 Å². The Morgan fingerprint density at radius 2 is 1.89 bits per heavy atom. The topological polar surface area (TPSA) is 77.1 Å². The van der Waals surface area contributed by atoms with Gasteiger partial charge in [0.05, 0.1) is 30.9 Å². The van der Waals surface area contributed by atoms with Gasteiger partial charge in [0, 0.05) is 5.56 Å². The third kappa shape index (κ3) is 4.21. The zero-order valence-corrected chi connectivity index (χ0v) is 15.9. The summed E-state index contributed by atoms with van der Waals surface area (Å²) in [6.07, 6.45) is 2.00. The van der Waals surface area contributed by atoms with Crippen LogP contribution in [0.4, 0.5) is 0 Å². The van der Waals surface area contributed by atoms with Crippen LogP contribution in [0.2, 0.25) is 0 Å². The molecule has 0 saturated carbocycles. The van der Waals surface area contributed by atoms with Gasteiger partial charge in [-0.15, -0.1) is 0 Å². The van der Waals surface area contributed by atoms with Gasteiger partial charge in [-0.1, -0.05) is 37.3 Å². The van der Waals surface area contributed by atoms with Gasteiger partial charge in [-0.25, -0.2) is 4.98 Å². The first-order valence-corrected chi connectivity index (χ1v) is 8.98. The van der Waals surface area contributed by atoms with Crippen molar-refractivity contribution in [3.8, 4) is 17.7 Å². The van der Waals surface area contributed by atoms with Crippen molar-refractivity contribution in [2.45, 2.75) is 26.5 Å². The van der Waals surface area contributed by atoms with Crippen molar-refractivity contribution in [2.75, 3.05) is 7.11 Å². The first-order valence-electron chi connectivity index (χ1n) is 8.98. The van der Waals surface area contributed by atoms with Crippen LogP contribution in [0, 0.1) is 11.3 Å². The van der Waals surface area contributed by atoms with Gasteiger partial charge < -0.3 is 9.47 Å². The molecule has 2 aromatic carbocycles. The molecule has 1 heterocycles. The van der Waals surface area contributed by atoms with Crippen molar-refractivity contribution in [1.29, 1.82) is 5.26 Å². The van der Waals surface area contributed by atoms with Gasteiger partial charge in [0.1, 0.15) is 18.7 Å². The molecule has 0 aliphatic carbocycles. The molecular weight excluding hydrogens is 354 g/mol. The van der Waals surface area contributed by atoms with Gasteiger partial charge >= 0.3 is 0 Å². The molecule has 1 aromatic heterocycles. The second-order valence-corrected chi connectivity index (χ2v) is 6.22. The highest BCUT2D eigenvalue weighted by molar-refractivity contribution is 5.37. The van der Waals surface area contributed by atoms with E-state index < -0.39 is 0 Å². The van der Waals surface area contributed by atoms with Crippen LogP contribution >= 0.6 is 0 Å². The molecule has 0 amide bonds. The Labute approximate surface area is 163 Å². The van der Waals surface area contributed by atoms with Gasteiger partial charge in [0.15, 0.2) is 0 Å². The Hall–Kier alpha value is -3.59. The Morgan fingerprint density at radius 1 is 1.14 bits per heavy atom. The lowest BCUT2D eigenvalue weighted by Gasteiger charge is -2.13. The predicted octanol–water partition coefficient (Wildman–Crippen LogP) is 3.31. The predicted molar refractivity (Wildman–Crippen MR) is 105 cm³/mol. The number of hydrogen-bond donors (Lipinski definition) is 0. The lowest BCUT2D eigenvalue weighted by Crippen LogP contribution is -2.25. The highest BCUT2D eigenvalue weighted by atomic mass is 16.5. The van der Waals surface area contributed by atoms with Crippen LogP contribution < -0.4 is 15.0 Å². The number of methoxy groups -OCH3 is 1. The maximum Gasteiger partial charge on any atom is 0.260 e. The summed E-state index contributed by atoms with van der Waals surface area (Å²) in [4.78, 5) is 17.2. The molecule has 0 spiro atoms. The van der Waals surface area contributed by atoms with Gasteiger partial charge in [-0.3, -0.25) is 9.36 Å². The Kier molecular flexibility index (Phi) is 6.07. The largest absolute Gasteiger partial charge is 0.497 e. The number of nitrogens with zero attached hydrogens (tertiary/aromatic N) is 3. The molecule has 0 unspecified atom stereocenters. The van der Waals surface area contributed by atoms with E-state index >= 15 is 0 Å². The second-order valence-electron chi connectivity index (χ2n) is 6.22. The minimum absolute atomic E-state index is 0.128. The molecular formula is C22H21N3O3. The van der Waals surface area contributed by atoms with Gasteiger partial charge in [0.2, 0.25) is 5.88 Å². The summed E-state index contributed by atoms with van der Waals surface area (Å²) < 4.78 is 12.5. The van der Waals surface area contributed by atoms with Crippen LogP contribution in [0.25, 0.3) is 0 Å². The summed E-state index contributed by atoms with van der Waals surface area (Å²) in [5.41, 5.74) is 2.68. The Morgan fingerprint density at radius 3 is 2.57 bits per heavy atom. The van der Waals surface area contributed by atoms with E-state index in [1.807, 2.05) is 43.3 Å². The molecule has 3 rings (SSSR count). The zero-order valence-electron chi connectivity index (χ0n) is 15.9. The van der Waals surface area contributed by atoms with Crippen molar-refractivity contribution < 1.29 is 9.47 Å². The number of aromatic nitrogens is 2. The van der Waals surface area contributed by atoms with E-state index in [1.165, 1.54) is 6.33 Å². The van der Waals surface area contributed by atoms with E-state index in [2.05, 4.69) is 11.1 Å². The summed E-state index contributed by atoms with van der Waals surface area (Å²) in [6.45, 7) is 2.50. The zero-order chi connectivity index (χ0) is 19.9. The Bertz CT molecular complexity index is 1050. The molecule has 142 valence electrons. The SMILES string of the molecule is CCc1c(OCc2ccccc2C#N)ncn(Cc2ccc(OC)cc2)c1=O. The van der Waals surface area contributed by atoms with E-state index in [-0.39, 0.29) is 12.2 Å². The molecule has 0 bridgehead atoms. The second kappa shape index (κ2) is 8.87. The van der Waals surface area contributed by atoms with Gasteiger partial charge in [-0.05, 0) is 30.2 Å². The van der Waals surface area contributed by atoms with E-state index in [9.17, 15) is 10.1 Å². The maximum absolute atomic E-state index is 12.8. The monoisotopic (exact) mass is 375 g/mol. The first kappa shape index (κ1) is 19.2. The normalized spacial score (nSPS) is 10.3. The van der Waals surface area contributed by atoms with Crippen molar-refractivity contribution >= 4 is 0 Å². The van der Waals surface area contributed by atoms with Crippen LogP contribution in [0.5, 0.6) is 11.6 Å². The molecule has 0 fully saturated rings. The molecule has 6 heteroatoms. The molecule has 3 aromatic rings. The fraction of sp³-hybridized carbons (Fsp3) is 0.227. The average molecular weight is 375 g/mol. The molecule has 0 aliphatic heterocycles. The summed E-state index contributed by atoms with van der Waals surface area (Å²) in [5.74, 6) is 1.08. The first-order chi connectivity index (χ1) is 13.7. The standard InChI is InChI=1S/C22H21N3O3/c1-3-20-21(28-14-18-7-5-4-6-17(18)12-23)24-15-25(22(20)26)13-16-8-10-19(27-2)11-9-16/h4-11,15H,3,13-14H2,1-2H3. The third-order valence-electron chi connectivity index (χ3n) is 4.46. The third-order valence-corrected chi connectivity index (χ3v) is 4.46. The number of rotatable bonds is 7. The molecule has 28 heavy (non-hydrogen) atoms. The number of hydrogen-bond acceptors (Lipinski definition) is 5. The lowest BCUT2D eigenvalue weighted by molar-refractivity contribution is 0.287. The van der Waals surface area contributed by atoms with Crippen LogP contribution in [-0.2, 0) is 19.6 Å². The van der Waals surface area contributed by atoms with Crippen LogP contribution in [-0.4, -0.2) is 16.7 Å². The summed E-state index contributed by atoms with van der Waals surface area (Å²) >= 11 is 0. The Balaban J connectivity index is 1.81. The van der Waals surface area contributed by atoms with E-state index in [0.717, 1.165) is 16.9 Å². The maximum atomic E-state index is 12.8. The fourth-order valence-electron chi connectivity index (χ4n) is 2.89. The number of benzene rings is 2. The minimum atomic E-state index is -0.128. The van der Waals surface area contributed by atoms with Crippen molar-refractivity contribution in [1.82, 2.24) is 9.55 Å². The highest BCUT2D eigenvalue weighted by Crippen LogP contribution is 2.16. The molecule has 0 atom stereocenters.